The van der Waals surface area contributed by atoms with Crippen molar-refractivity contribution in [3.05, 3.63) is 48.6 Å². The van der Waals surface area contributed by atoms with Gasteiger partial charge in [-0.1, -0.05) is 140 Å². The van der Waals surface area contributed by atoms with Crippen molar-refractivity contribution in [2.45, 2.75) is 187 Å². The van der Waals surface area contributed by atoms with E-state index < -0.39 is 18.1 Å². The highest BCUT2D eigenvalue weighted by Gasteiger charge is 2.25. The van der Waals surface area contributed by atoms with Gasteiger partial charge in [-0.25, -0.2) is 0 Å². The number of hydrogen-bond donors (Lipinski definition) is 0. The molecule has 0 bridgehead atoms. The minimum absolute atomic E-state index is 0.0150. The van der Waals surface area contributed by atoms with Crippen molar-refractivity contribution >= 4 is 17.9 Å². The molecule has 312 valence electrons. The highest BCUT2D eigenvalue weighted by Crippen LogP contribution is 2.13. The molecule has 0 N–H and O–H groups in total. The smallest absolute Gasteiger partial charge is 0.306 e. The number of esters is 2. The Balaban J connectivity index is 4.42. The van der Waals surface area contributed by atoms with E-state index in [2.05, 4.69) is 56.4 Å². The van der Waals surface area contributed by atoms with Crippen molar-refractivity contribution in [3.8, 4) is 0 Å². The average Bonchev–Trinajstić information content (AvgIpc) is 3.12. The van der Waals surface area contributed by atoms with E-state index in [1.165, 1.54) is 89.9 Å². The Bertz CT molecular complexity index is 1030. The number of rotatable bonds is 38. The third-order valence-electron chi connectivity index (χ3n) is 9.45. The van der Waals surface area contributed by atoms with Crippen molar-refractivity contribution in [1.82, 2.24) is 0 Å². The van der Waals surface area contributed by atoms with Crippen LogP contribution in [0, 0.1) is 0 Å². The molecular formula is C46H81NO7. The SMILES string of the molecule is CCCCC/C=C/C/C=C/CCCCCCCCCC(=O)OCC(COCCC(C(=O)[O-])[N+](C)(C)C)OC(=O)CC/C=C/C/C=C/CCCCCCCC. The van der Waals surface area contributed by atoms with Gasteiger partial charge in [-0.15, -0.1) is 0 Å². The first kappa shape index (κ1) is 51.3. The number of likely N-dealkylation sites (N-methyl/N-ethyl adjacent to an activating group) is 1. The van der Waals surface area contributed by atoms with Gasteiger partial charge in [0, 0.05) is 19.3 Å². The summed E-state index contributed by atoms with van der Waals surface area (Å²) in [6.45, 7) is 4.55. The van der Waals surface area contributed by atoms with E-state index in [4.69, 9.17) is 14.2 Å². The molecule has 0 rings (SSSR count). The van der Waals surface area contributed by atoms with Gasteiger partial charge in [-0.2, -0.15) is 0 Å². The summed E-state index contributed by atoms with van der Waals surface area (Å²) in [5.74, 6) is -1.83. The zero-order valence-corrected chi connectivity index (χ0v) is 35.4. The molecule has 54 heavy (non-hydrogen) atoms. The summed E-state index contributed by atoms with van der Waals surface area (Å²) in [7, 11) is 5.38. The quantitative estimate of drug-likeness (QED) is 0.0267. The summed E-state index contributed by atoms with van der Waals surface area (Å²) in [6.07, 6.45) is 42.9. The van der Waals surface area contributed by atoms with Crippen LogP contribution in [0.2, 0.25) is 0 Å². The molecule has 8 heteroatoms. The van der Waals surface area contributed by atoms with E-state index in [0.717, 1.165) is 44.9 Å². The fraction of sp³-hybridized carbons (Fsp3) is 0.761. The fourth-order valence-electron chi connectivity index (χ4n) is 6.03. The molecule has 0 aromatic heterocycles. The van der Waals surface area contributed by atoms with Crippen LogP contribution in [0.5, 0.6) is 0 Å². The lowest BCUT2D eigenvalue weighted by Gasteiger charge is -2.34. The van der Waals surface area contributed by atoms with Crippen molar-refractivity contribution in [2.75, 3.05) is 41.0 Å². The number of ether oxygens (including phenoxy) is 3. The Labute approximate surface area is 331 Å². The fourth-order valence-corrected chi connectivity index (χ4v) is 6.03. The van der Waals surface area contributed by atoms with Crippen LogP contribution in [0.3, 0.4) is 0 Å². The van der Waals surface area contributed by atoms with Gasteiger partial charge >= 0.3 is 11.9 Å². The number of aliphatic carboxylic acids is 1. The third kappa shape index (κ3) is 35.0. The zero-order valence-electron chi connectivity index (χ0n) is 35.4. The summed E-state index contributed by atoms with van der Waals surface area (Å²) in [5, 5.41) is 11.6. The Morgan fingerprint density at radius 1 is 0.556 bits per heavy atom. The van der Waals surface area contributed by atoms with Crippen LogP contribution in [0.4, 0.5) is 0 Å². The lowest BCUT2D eigenvalue weighted by Crippen LogP contribution is -2.55. The van der Waals surface area contributed by atoms with E-state index in [1.54, 1.807) is 21.1 Å². The van der Waals surface area contributed by atoms with Gasteiger partial charge in [0.2, 0.25) is 0 Å². The van der Waals surface area contributed by atoms with Crippen LogP contribution in [0.25, 0.3) is 0 Å². The van der Waals surface area contributed by atoms with Gasteiger partial charge < -0.3 is 28.6 Å². The molecule has 0 heterocycles. The monoisotopic (exact) mass is 760 g/mol. The normalized spacial score (nSPS) is 13.4. The molecule has 0 aliphatic rings. The predicted octanol–water partition coefficient (Wildman–Crippen LogP) is 10.3. The minimum Gasteiger partial charge on any atom is -0.544 e. The van der Waals surface area contributed by atoms with E-state index >= 15 is 0 Å². The largest absolute Gasteiger partial charge is 0.544 e. The molecule has 0 aromatic carbocycles. The first-order valence-electron chi connectivity index (χ1n) is 21.7. The molecule has 0 aliphatic carbocycles. The standard InChI is InChI=1S/C46H81NO7/c1-6-8-10-12-14-16-18-20-21-22-23-25-26-28-30-32-34-36-44(48)53-41-42(40-52-39-38-43(46(50)51)47(3,4)5)54-45(49)37-35-33-31-29-27-24-19-17-15-13-11-9-7-2/h14,16,20-21,24,27,31,33,42-43H,6-13,15,17-19,22-23,25-26,28-30,32,34-41H2,1-5H3/b16-14+,21-20+,27-24+,33-31+. The van der Waals surface area contributed by atoms with Gasteiger partial charge in [0.15, 0.2) is 6.10 Å². The summed E-state index contributed by atoms with van der Waals surface area (Å²) < 4.78 is 17.1. The second-order valence-electron chi connectivity index (χ2n) is 15.6. The van der Waals surface area contributed by atoms with Crippen molar-refractivity contribution in [1.29, 1.82) is 0 Å². The Morgan fingerprint density at radius 3 is 1.54 bits per heavy atom. The second kappa shape index (κ2) is 37.2. The molecule has 0 saturated heterocycles. The number of unbranched alkanes of at least 4 members (excludes halogenated alkanes) is 16. The van der Waals surface area contributed by atoms with Crippen molar-refractivity contribution in [3.63, 3.8) is 0 Å². The van der Waals surface area contributed by atoms with Gasteiger partial charge in [-0.3, -0.25) is 9.59 Å². The molecule has 0 saturated carbocycles. The van der Waals surface area contributed by atoms with Crippen LogP contribution in [-0.4, -0.2) is 75.5 Å². The molecule has 8 nitrogen and oxygen atoms in total. The molecule has 0 radical (unpaired) electrons. The number of hydrogen-bond acceptors (Lipinski definition) is 7. The summed E-state index contributed by atoms with van der Waals surface area (Å²) in [5.41, 5.74) is 0. The van der Waals surface area contributed by atoms with E-state index in [-0.39, 0.29) is 49.1 Å². The highest BCUT2D eigenvalue weighted by atomic mass is 16.6. The number of quaternary nitrogens is 1. The first-order valence-corrected chi connectivity index (χ1v) is 21.7. The average molecular weight is 760 g/mol. The van der Waals surface area contributed by atoms with Crippen molar-refractivity contribution in [2.24, 2.45) is 0 Å². The number of carboxylic acids is 1. The molecule has 0 amide bonds. The number of carbonyl (C=O) groups excluding carboxylic acids is 3. The Morgan fingerprint density at radius 2 is 1.02 bits per heavy atom. The topological polar surface area (TPSA) is 102 Å². The first-order chi connectivity index (χ1) is 26.1. The maximum Gasteiger partial charge on any atom is 0.306 e. The van der Waals surface area contributed by atoms with E-state index in [0.29, 0.717) is 12.8 Å². The Kier molecular flexibility index (Phi) is 35.4. The van der Waals surface area contributed by atoms with Crippen LogP contribution >= 0.6 is 0 Å². The lowest BCUT2D eigenvalue weighted by atomic mass is 10.1. The molecular weight excluding hydrogens is 679 g/mol. The Hall–Kier alpha value is -2.71. The number of carbonyl (C=O) groups is 3. The third-order valence-corrected chi connectivity index (χ3v) is 9.45. The molecule has 2 unspecified atom stereocenters. The van der Waals surface area contributed by atoms with Crippen LogP contribution < -0.4 is 5.11 Å². The van der Waals surface area contributed by atoms with Gasteiger partial charge in [-0.05, 0) is 64.2 Å². The van der Waals surface area contributed by atoms with Crippen LogP contribution in [-0.2, 0) is 28.6 Å². The highest BCUT2D eigenvalue weighted by molar-refractivity contribution is 5.70. The predicted molar refractivity (Wildman–Crippen MR) is 222 cm³/mol. The number of allylic oxidation sites excluding steroid dienone is 8. The van der Waals surface area contributed by atoms with Crippen LogP contribution in [0.15, 0.2) is 48.6 Å². The molecule has 0 aliphatic heterocycles. The van der Waals surface area contributed by atoms with Gasteiger partial charge in [0.05, 0.1) is 40.3 Å². The summed E-state index contributed by atoms with van der Waals surface area (Å²) in [4.78, 5) is 36.8. The van der Waals surface area contributed by atoms with Crippen molar-refractivity contribution < 1.29 is 38.2 Å². The van der Waals surface area contributed by atoms with E-state index in [1.807, 2.05) is 6.08 Å². The number of nitrogens with zero attached hydrogens (tertiary/aromatic N) is 1. The second-order valence-corrected chi connectivity index (χ2v) is 15.6. The van der Waals surface area contributed by atoms with Gasteiger partial charge in [0.25, 0.3) is 0 Å². The molecule has 0 spiro atoms. The molecule has 2 atom stereocenters. The van der Waals surface area contributed by atoms with Gasteiger partial charge in [0.1, 0.15) is 12.6 Å². The molecule has 0 aromatic rings. The maximum absolute atomic E-state index is 12.6. The summed E-state index contributed by atoms with van der Waals surface area (Å²) >= 11 is 0. The van der Waals surface area contributed by atoms with E-state index in [9.17, 15) is 19.5 Å². The zero-order chi connectivity index (χ0) is 40.0. The maximum atomic E-state index is 12.6. The lowest BCUT2D eigenvalue weighted by molar-refractivity contribution is -0.889. The molecule has 0 fully saturated rings. The number of carboxylic acid groups (broad SMARTS) is 1. The summed E-state index contributed by atoms with van der Waals surface area (Å²) in [6, 6.07) is -0.736. The van der Waals surface area contributed by atoms with Crippen LogP contribution in [0.1, 0.15) is 174 Å². The minimum atomic E-state index is -1.14.